The van der Waals surface area contributed by atoms with Gasteiger partial charge in [-0.25, -0.2) is 0 Å². The molecule has 2 aromatic rings. The van der Waals surface area contributed by atoms with Crippen molar-refractivity contribution in [1.82, 2.24) is 10.2 Å². The van der Waals surface area contributed by atoms with E-state index < -0.39 is 0 Å². The molecule has 0 unspecified atom stereocenters. The van der Waals surface area contributed by atoms with Gasteiger partial charge in [0.25, 0.3) is 0 Å². The Morgan fingerprint density at radius 3 is 2.69 bits per heavy atom. The van der Waals surface area contributed by atoms with Crippen LogP contribution in [0.5, 0.6) is 5.88 Å². The molecule has 2 heterocycles. The summed E-state index contributed by atoms with van der Waals surface area (Å²) in [6.45, 7) is 0. The van der Waals surface area contributed by atoms with Gasteiger partial charge in [-0.3, -0.25) is 4.79 Å². The zero-order valence-corrected chi connectivity index (χ0v) is 10.7. The van der Waals surface area contributed by atoms with Crippen LogP contribution >= 0.6 is 27.3 Å². The number of nitrogens with zero attached hydrogens (tertiary/aromatic N) is 2. The summed E-state index contributed by atoms with van der Waals surface area (Å²) >= 11 is 4.68. The highest BCUT2D eigenvalue weighted by Gasteiger charge is 2.15. The van der Waals surface area contributed by atoms with E-state index in [0.29, 0.717) is 16.5 Å². The van der Waals surface area contributed by atoms with Gasteiger partial charge in [-0.1, -0.05) is 0 Å². The second kappa shape index (κ2) is 4.71. The number of methoxy groups -OCH3 is 1. The molecule has 0 aliphatic rings. The molecule has 4 nitrogen and oxygen atoms in total. The molecule has 82 valence electrons. The number of carbonyl (C=O) groups is 1. The van der Waals surface area contributed by atoms with Crippen LogP contribution < -0.4 is 4.74 Å². The molecule has 0 fully saturated rings. The zero-order chi connectivity index (χ0) is 11.5. The van der Waals surface area contributed by atoms with Crippen molar-refractivity contribution in [3.05, 3.63) is 38.6 Å². The summed E-state index contributed by atoms with van der Waals surface area (Å²) in [6, 6.07) is 5.04. The van der Waals surface area contributed by atoms with E-state index in [1.165, 1.54) is 18.4 Å². The Morgan fingerprint density at radius 2 is 2.19 bits per heavy atom. The number of ketones is 1. The van der Waals surface area contributed by atoms with E-state index in [2.05, 4.69) is 26.1 Å². The first-order valence-corrected chi connectivity index (χ1v) is 6.05. The number of thiophene rings is 1. The summed E-state index contributed by atoms with van der Waals surface area (Å²) in [5.41, 5.74) is 0.309. The van der Waals surface area contributed by atoms with Crippen molar-refractivity contribution in [3.63, 3.8) is 0 Å². The fraction of sp³-hybridized carbons (Fsp3) is 0.100. The molecule has 2 aromatic heterocycles. The molecule has 6 heteroatoms. The molecule has 0 saturated carbocycles. The summed E-state index contributed by atoms with van der Waals surface area (Å²) in [5, 5.41) is 9.40. The van der Waals surface area contributed by atoms with Gasteiger partial charge in [0.2, 0.25) is 11.7 Å². The molecule has 0 N–H and O–H groups in total. The van der Waals surface area contributed by atoms with Crippen LogP contribution in [-0.4, -0.2) is 23.1 Å². The minimum absolute atomic E-state index is 0.142. The van der Waals surface area contributed by atoms with E-state index in [1.807, 2.05) is 11.4 Å². The maximum absolute atomic E-state index is 12.0. The second-order valence-electron chi connectivity index (χ2n) is 2.89. The molecule has 0 aliphatic carbocycles. The summed E-state index contributed by atoms with van der Waals surface area (Å²) in [7, 11) is 1.50. The molecule has 0 radical (unpaired) electrons. The van der Waals surface area contributed by atoms with Crippen molar-refractivity contribution in [1.29, 1.82) is 0 Å². The summed E-state index contributed by atoms with van der Waals surface area (Å²) in [6.07, 6.45) is 0. The van der Waals surface area contributed by atoms with Crippen LogP contribution in [0, 0.1) is 0 Å². The molecule has 16 heavy (non-hydrogen) atoms. The molecule has 0 saturated heterocycles. The Bertz CT molecular complexity index is 510. The number of ether oxygens (including phenoxy) is 1. The lowest BCUT2D eigenvalue weighted by Crippen LogP contribution is -2.04. The molecule has 0 aliphatic heterocycles. The Morgan fingerprint density at radius 1 is 1.38 bits per heavy atom. The third-order valence-electron chi connectivity index (χ3n) is 1.91. The van der Waals surface area contributed by atoms with E-state index in [4.69, 9.17) is 4.74 Å². The molecule has 0 amide bonds. The number of carbonyl (C=O) groups excluding carboxylic acids is 1. The van der Waals surface area contributed by atoms with Crippen LogP contribution in [0.15, 0.2) is 28.1 Å². The highest BCUT2D eigenvalue weighted by Crippen LogP contribution is 2.24. The molecular formula is C10H7BrN2O2S. The standard InChI is InChI=1S/C10H7BrN2O2S/c1-15-8-3-2-7(12-13-8)9(14)10-6(11)4-5-16-10/h2-5H,1H3. The van der Waals surface area contributed by atoms with Gasteiger partial charge in [0.05, 0.1) is 12.0 Å². The average Bonchev–Trinajstić information content (AvgIpc) is 2.75. The van der Waals surface area contributed by atoms with E-state index in [9.17, 15) is 4.79 Å². The van der Waals surface area contributed by atoms with E-state index >= 15 is 0 Å². The molecular weight excluding hydrogens is 292 g/mol. The van der Waals surface area contributed by atoms with Crippen molar-refractivity contribution in [2.45, 2.75) is 0 Å². The SMILES string of the molecule is COc1ccc(C(=O)c2sccc2Br)nn1. The molecule has 0 atom stereocenters. The summed E-state index contributed by atoms with van der Waals surface area (Å²) in [5.74, 6) is 0.249. The number of aromatic nitrogens is 2. The second-order valence-corrected chi connectivity index (χ2v) is 4.66. The Balaban J connectivity index is 2.31. The zero-order valence-electron chi connectivity index (χ0n) is 8.31. The predicted octanol–water partition coefficient (Wildman–Crippen LogP) is 2.54. The van der Waals surface area contributed by atoms with E-state index in [1.54, 1.807) is 12.1 Å². The Labute approximate surface area is 104 Å². The van der Waals surface area contributed by atoms with Crippen LogP contribution in [0.25, 0.3) is 0 Å². The van der Waals surface area contributed by atoms with Crippen molar-refractivity contribution < 1.29 is 9.53 Å². The van der Waals surface area contributed by atoms with Crippen molar-refractivity contribution in [2.75, 3.05) is 7.11 Å². The van der Waals surface area contributed by atoms with Crippen LogP contribution in [0.2, 0.25) is 0 Å². The topological polar surface area (TPSA) is 52.1 Å². The minimum atomic E-state index is -0.142. The predicted molar refractivity (Wildman–Crippen MR) is 64.0 cm³/mol. The molecule has 0 spiro atoms. The van der Waals surface area contributed by atoms with Gasteiger partial charge in [0.1, 0.15) is 5.69 Å². The highest BCUT2D eigenvalue weighted by molar-refractivity contribution is 9.10. The summed E-state index contributed by atoms with van der Waals surface area (Å²) < 4.78 is 5.65. The van der Waals surface area contributed by atoms with Gasteiger partial charge in [0, 0.05) is 10.5 Å². The maximum atomic E-state index is 12.0. The summed E-state index contributed by atoms with van der Waals surface area (Å²) in [4.78, 5) is 12.6. The third-order valence-corrected chi connectivity index (χ3v) is 3.74. The van der Waals surface area contributed by atoms with Crippen LogP contribution in [0.1, 0.15) is 15.4 Å². The first-order valence-electron chi connectivity index (χ1n) is 4.38. The molecule has 0 aromatic carbocycles. The molecule has 0 bridgehead atoms. The monoisotopic (exact) mass is 298 g/mol. The van der Waals surface area contributed by atoms with E-state index in [-0.39, 0.29) is 5.78 Å². The van der Waals surface area contributed by atoms with Crippen molar-refractivity contribution in [3.8, 4) is 5.88 Å². The van der Waals surface area contributed by atoms with Crippen LogP contribution in [0.4, 0.5) is 0 Å². The minimum Gasteiger partial charge on any atom is -0.480 e. The van der Waals surface area contributed by atoms with Gasteiger partial charge >= 0.3 is 0 Å². The lowest BCUT2D eigenvalue weighted by molar-refractivity contribution is 0.103. The van der Waals surface area contributed by atoms with Crippen LogP contribution in [-0.2, 0) is 0 Å². The van der Waals surface area contributed by atoms with Crippen molar-refractivity contribution >= 4 is 33.0 Å². The highest BCUT2D eigenvalue weighted by atomic mass is 79.9. The number of halogens is 1. The van der Waals surface area contributed by atoms with Gasteiger partial charge in [-0.05, 0) is 33.4 Å². The van der Waals surface area contributed by atoms with Crippen LogP contribution in [0.3, 0.4) is 0 Å². The Kier molecular flexibility index (Phi) is 3.31. The lowest BCUT2D eigenvalue weighted by Gasteiger charge is -1.99. The van der Waals surface area contributed by atoms with Gasteiger partial charge in [0.15, 0.2) is 0 Å². The quantitative estimate of drug-likeness (QED) is 0.817. The van der Waals surface area contributed by atoms with Gasteiger partial charge in [-0.2, -0.15) is 0 Å². The fourth-order valence-electron chi connectivity index (χ4n) is 1.12. The largest absolute Gasteiger partial charge is 0.480 e. The normalized spacial score (nSPS) is 10.1. The van der Waals surface area contributed by atoms with Gasteiger partial charge in [-0.15, -0.1) is 21.5 Å². The van der Waals surface area contributed by atoms with E-state index in [0.717, 1.165) is 4.47 Å². The average molecular weight is 299 g/mol. The van der Waals surface area contributed by atoms with Crippen molar-refractivity contribution in [2.24, 2.45) is 0 Å². The number of hydrogen-bond donors (Lipinski definition) is 0. The Hall–Kier alpha value is -1.27. The first kappa shape index (κ1) is 11.2. The smallest absolute Gasteiger partial charge is 0.233 e. The first-order chi connectivity index (χ1) is 7.72. The number of hydrogen-bond acceptors (Lipinski definition) is 5. The van der Waals surface area contributed by atoms with Gasteiger partial charge < -0.3 is 4.74 Å². The maximum Gasteiger partial charge on any atom is 0.233 e. The number of rotatable bonds is 3. The third kappa shape index (κ3) is 2.12. The molecule has 2 rings (SSSR count). The lowest BCUT2D eigenvalue weighted by atomic mass is 10.2. The fourth-order valence-corrected chi connectivity index (χ4v) is 2.62.